The average Bonchev–Trinajstić information content (AvgIpc) is 2.46. The number of aliphatic hydroxyl groups excluding tert-OH is 1. The van der Waals surface area contributed by atoms with Gasteiger partial charge < -0.3 is 14.7 Å². The fourth-order valence-corrected chi connectivity index (χ4v) is 3.96. The number of rotatable bonds is 2. The molecule has 2 heterocycles. The minimum Gasteiger partial charge on any atom is -0.395 e. The third-order valence-corrected chi connectivity index (χ3v) is 4.44. The number of hydrogen-bond donors (Lipinski definition) is 1. The molecule has 2 aliphatic heterocycles. The standard InChI is InChI=1S/C8H13NO5S/c10-2-1-9-6-4-15(12,13)5-7(6)14-3-8(9)11/h6-7,10H,1-5H2. The van der Waals surface area contributed by atoms with Gasteiger partial charge in [-0.1, -0.05) is 0 Å². The molecule has 86 valence electrons. The van der Waals surface area contributed by atoms with Crippen LogP contribution in [0.15, 0.2) is 0 Å². The maximum absolute atomic E-state index is 11.4. The smallest absolute Gasteiger partial charge is 0.249 e. The van der Waals surface area contributed by atoms with Crippen LogP contribution in [-0.2, 0) is 19.4 Å². The molecule has 15 heavy (non-hydrogen) atoms. The van der Waals surface area contributed by atoms with Gasteiger partial charge in [0.15, 0.2) is 9.84 Å². The molecule has 0 aromatic rings. The van der Waals surface area contributed by atoms with Crippen molar-refractivity contribution in [1.82, 2.24) is 4.90 Å². The van der Waals surface area contributed by atoms with Crippen LogP contribution in [0, 0.1) is 0 Å². The van der Waals surface area contributed by atoms with Gasteiger partial charge in [0, 0.05) is 6.54 Å². The highest BCUT2D eigenvalue weighted by atomic mass is 32.2. The van der Waals surface area contributed by atoms with Crippen molar-refractivity contribution in [2.24, 2.45) is 0 Å². The van der Waals surface area contributed by atoms with Crippen molar-refractivity contribution in [1.29, 1.82) is 0 Å². The van der Waals surface area contributed by atoms with Crippen LogP contribution in [0.3, 0.4) is 0 Å². The maximum Gasteiger partial charge on any atom is 0.249 e. The molecular formula is C8H13NO5S. The third kappa shape index (κ3) is 1.99. The van der Waals surface area contributed by atoms with Gasteiger partial charge in [-0.25, -0.2) is 8.42 Å². The summed E-state index contributed by atoms with van der Waals surface area (Å²) in [5.41, 5.74) is 0. The number of hydrogen-bond acceptors (Lipinski definition) is 5. The first-order valence-corrected chi connectivity index (χ1v) is 6.58. The van der Waals surface area contributed by atoms with Gasteiger partial charge >= 0.3 is 0 Å². The average molecular weight is 235 g/mol. The van der Waals surface area contributed by atoms with Crippen LogP contribution in [0.5, 0.6) is 0 Å². The molecule has 2 unspecified atom stereocenters. The number of sulfone groups is 1. The minimum absolute atomic E-state index is 0.0210. The van der Waals surface area contributed by atoms with Crippen LogP contribution in [0.4, 0.5) is 0 Å². The van der Waals surface area contributed by atoms with Gasteiger partial charge in [0.1, 0.15) is 6.61 Å². The number of fused-ring (bicyclic) bond motifs is 1. The molecule has 6 nitrogen and oxygen atoms in total. The molecule has 2 saturated heterocycles. The zero-order valence-electron chi connectivity index (χ0n) is 8.13. The van der Waals surface area contributed by atoms with Crippen molar-refractivity contribution in [3.05, 3.63) is 0 Å². The molecule has 1 amide bonds. The van der Waals surface area contributed by atoms with Crippen molar-refractivity contribution in [2.75, 3.05) is 31.3 Å². The molecule has 0 radical (unpaired) electrons. The molecule has 7 heteroatoms. The van der Waals surface area contributed by atoms with Crippen molar-refractivity contribution in [3.63, 3.8) is 0 Å². The van der Waals surface area contributed by atoms with E-state index in [9.17, 15) is 13.2 Å². The summed E-state index contributed by atoms with van der Waals surface area (Å²) in [4.78, 5) is 12.8. The monoisotopic (exact) mass is 235 g/mol. The fraction of sp³-hybridized carbons (Fsp3) is 0.875. The minimum atomic E-state index is -3.10. The van der Waals surface area contributed by atoms with Crippen LogP contribution in [0.1, 0.15) is 0 Å². The molecule has 0 aromatic heterocycles. The Hall–Kier alpha value is -0.660. The summed E-state index contributed by atoms with van der Waals surface area (Å²) in [5.74, 6) is -0.321. The van der Waals surface area contributed by atoms with E-state index < -0.39 is 22.0 Å². The van der Waals surface area contributed by atoms with E-state index in [0.29, 0.717) is 0 Å². The lowest BCUT2D eigenvalue weighted by molar-refractivity contribution is -0.153. The molecule has 0 spiro atoms. The molecule has 2 fully saturated rings. The maximum atomic E-state index is 11.4. The summed E-state index contributed by atoms with van der Waals surface area (Å²) < 4.78 is 27.9. The number of nitrogens with zero attached hydrogens (tertiary/aromatic N) is 1. The second kappa shape index (κ2) is 3.73. The number of morpholine rings is 1. The van der Waals surface area contributed by atoms with E-state index in [1.165, 1.54) is 4.90 Å². The Bertz CT molecular complexity index is 365. The first-order chi connectivity index (χ1) is 7.03. The van der Waals surface area contributed by atoms with E-state index in [0.717, 1.165) is 0 Å². The molecule has 2 atom stereocenters. The van der Waals surface area contributed by atoms with E-state index in [-0.39, 0.29) is 37.2 Å². The van der Waals surface area contributed by atoms with Gasteiger partial charge in [0.05, 0.1) is 30.3 Å². The summed E-state index contributed by atoms with van der Waals surface area (Å²) in [6.45, 7) is -0.0649. The highest BCUT2D eigenvalue weighted by Crippen LogP contribution is 2.24. The quantitative estimate of drug-likeness (QED) is 0.598. The Labute approximate surface area is 87.7 Å². The van der Waals surface area contributed by atoms with Crippen LogP contribution in [0.25, 0.3) is 0 Å². The lowest BCUT2D eigenvalue weighted by Crippen LogP contribution is -2.54. The van der Waals surface area contributed by atoms with Gasteiger partial charge in [-0.15, -0.1) is 0 Å². The van der Waals surface area contributed by atoms with Crippen molar-refractivity contribution < 1.29 is 23.1 Å². The number of carbonyl (C=O) groups is 1. The molecule has 0 bridgehead atoms. The van der Waals surface area contributed by atoms with Gasteiger partial charge in [-0.05, 0) is 0 Å². The van der Waals surface area contributed by atoms with E-state index >= 15 is 0 Å². The molecule has 0 saturated carbocycles. The largest absolute Gasteiger partial charge is 0.395 e. The Balaban J connectivity index is 2.19. The topological polar surface area (TPSA) is 83.9 Å². The van der Waals surface area contributed by atoms with Crippen molar-refractivity contribution in [2.45, 2.75) is 12.1 Å². The molecule has 1 N–H and O–H groups in total. The molecular weight excluding hydrogens is 222 g/mol. The Morgan fingerprint density at radius 3 is 2.87 bits per heavy atom. The molecule has 2 aliphatic rings. The zero-order chi connectivity index (χ0) is 11.1. The SMILES string of the molecule is O=C1COC2CS(=O)(=O)CC2N1CCO. The predicted molar refractivity (Wildman–Crippen MR) is 51.0 cm³/mol. The number of aliphatic hydroxyl groups is 1. The number of β-amino-alcohol motifs (C(OH)–C–C–N with tert-alkyl or cyclic N) is 1. The fourth-order valence-electron chi connectivity index (χ4n) is 2.09. The van der Waals surface area contributed by atoms with Gasteiger partial charge in [-0.3, -0.25) is 4.79 Å². The van der Waals surface area contributed by atoms with Gasteiger partial charge in [0.25, 0.3) is 0 Å². The van der Waals surface area contributed by atoms with Gasteiger partial charge in [0.2, 0.25) is 5.91 Å². The first-order valence-electron chi connectivity index (χ1n) is 4.76. The van der Waals surface area contributed by atoms with E-state index in [1.54, 1.807) is 0 Å². The first kappa shape index (κ1) is 10.8. The summed E-state index contributed by atoms with van der Waals surface area (Å²) in [7, 11) is -3.10. The zero-order valence-corrected chi connectivity index (χ0v) is 8.94. The number of carbonyl (C=O) groups excluding carboxylic acids is 1. The Morgan fingerprint density at radius 2 is 2.20 bits per heavy atom. The normalized spacial score (nSPS) is 34.2. The van der Waals surface area contributed by atoms with Crippen LogP contribution in [-0.4, -0.2) is 67.7 Å². The number of ether oxygens (including phenoxy) is 1. The summed E-state index contributed by atoms with van der Waals surface area (Å²) >= 11 is 0. The van der Waals surface area contributed by atoms with E-state index in [1.807, 2.05) is 0 Å². The number of amides is 1. The second-order valence-electron chi connectivity index (χ2n) is 3.80. The molecule has 0 aromatic carbocycles. The van der Waals surface area contributed by atoms with Crippen LogP contribution < -0.4 is 0 Å². The summed E-state index contributed by atoms with van der Waals surface area (Å²) in [6.07, 6.45) is -0.417. The van der Waals surface area contributed by atoms with Crippen LogP contribution >= 0.6 is 0 Å². The highest BCUT2D eigenvalue weighted by molar-refractivity contribution is 7.91. The van der Waals surface area contributed by atoms with E-state index in [2.05, 4.69) is 0 Å². The predicted octanol–water partition coefficient (Wildman–Crippen LogP) is -2.00. The molecule has 2 rings (SSSR count). The third-order valence-electron chi connectivity index (χ3n) is 2.75. The van der Waals surface area contributed by atoms with Crippen molar-refractivity contribution >= 4 is 15.7 Å². The Morgan fingerprint density at radius 1 is 1.47 bits per heavy atom. The highest BCUT2D eigenvalue weighted by Gasteiger charge is 2.46. The summed E-state index contributed by atoms with van der Waals surface area (Å²) in [5, 5.41) is 8.80. The molecule has 0 aliphatic carbocycles. The van der Waals surface area contributed by atoms with Crippen molar-refractivity contribution in [3.8, 4) is 0 Å². The second-order valence-corrected chi connectivity index (χ2v) is 5.96. The van der Waals surface area contributed by atoms with Crippen LogP contribution in [0.2, 0.25) is 0 Å². The lowest BCUT2D eigenvalue weighted by atomic mass is 10.1. The van der Waals surface area contributed by atoms with E-state index in [4.69, 9.17) is 9.84 Å². The summed E-state index contributed by atoms with van der Waals surface area (Å²) in [6, 6.07) is -0.414. The lowest BCUT2D eigenvalue weighted by Gasteiger charge is -2.35. The van der Waals surface area contributed by atoms with Gasteiger partial charge in [-0.2, -0.15) is 0 Å². The Kier molecular flexibility index (Phi) is 2.70.